The van der Waals surface area contributed by atoms with Crippen molar-refractivity contribution in [1.82, 2.24) is 10.0 Å². The van der Waals surface area contributed by atoms with Crippen molar-refractivity contribution in [3.05, 3.63) is 30.0 Å². The Morgan fingerprint density at radius 1 is 1.45 bits per heavy atom. The Hall–Kier alpha value is -1.38. The standard InChI is InChI=1S/C8H7FN2/c1-6-3-2-4-8-7(6)5-11(9)10-8/h2-5H,1H3. The molecule has 0 radical (unpaired) electrons. The quantitative estimate of drug-likeness (QED) is 0.562. The van der Waals surface area contributed by atoms with Gasteiger partial charge < -0.3 is 0 Å². The molecule has 0 saturated heterocycles. The van der Waals surface area contributed by atoms with Crippen LogP contribution in [0.4, 0.5) is 4.48 Å². The minimum Gasteiger partial charge on any atom is -0.142 e. The number of halogens is 1. The molecule has 11 heavy (non-hydrogen) atoms. The number of benzene rings is 1. The molecule has 0 saturated carbocycles. The van der Waals surface area contributed by atoms with Crippen molar-refractivity contribution >= 4 is 10.9 Å². The van der Waals surface area contributed by atoms with Crippen LogP contribution in [0.3, 0.4) is 0 Å². The monoisotopic (exact) mass is 150 g/mol. The second-order valence-electron chi connectivity index (χ2n) is 2.53. The predicted octanol–water partition coefficient (Wildman–Crippen LogP) is 2.08. The van der Waals surface area contributed by atoms with E-state index in [4.69, 9.17) is 0 Å². The number of aryl methyl sites for hydroxylation is 1. The molecule has 0 amide bonds. The van der Waals surface area contributed by atoms with E-state index >= 15 is 0 Å². The number of fused-ring (bicyclic) bond motifs is 1. The van der Waals surface area contributed by atoms with Gasteiger partial charge in [0.25, 0.3) is 0 Å². The summed E-state index contributed by atoms with van der Waals surface area (Å²) >= 11 is 0. The average molecular weight is 150 g/mol. The van der Waals surface area contributed by atoms with Crippen LogP contribution >= 0.6 is 0 Å². The summed E-state index contributed by atoms with van der Waals surface area (Å²) in [5.74, 6) is 0. The molecular weight excluding hydrogens is 143 g/mol. The minimum absolute atomic E-state index is 0.345. The topological polar surface area (TPSA) is 17.8 Å². The predicted molar refractivity (Wildman–Crippen MR) is 41.0 cm³/mol. The van der Waals surface area contributed by atoms with Crippen LogP contribution in [0.25, 0.3) is 10.9 Å². The molecule has 0 unspecified atom stereocenters. The van der Waals surface area contributed by atoms with Crippen LogP contribution in [0.2, 0.25) is 0 Å². The normalized spacial score (nSPS) is 10.7. The van der Waals surface area contributed by atoms with Gasteiger partial charge in [-0.25, -0.2) is 0 Å². The van der Waals surface area contributed by atoms with Crippen LogP contribution < -0.4 is 0 Å². The molecule has 0 aliphatic rings. The third kappa shape index (κ3) is 0.888. The number of hydrogen-bond acceptors (Lipinski definition) is 1. The maximum Gasteiger partial charge on any atom is 0.0954 e. The van der Waals surface area contributed by atoms with Crippen molar-refractivity contribution in [1.29, 1.82) is 0 Å². The summed E-state index contributed by atoms with van der Waals surface area (Å²) in [6.45, 7) is 1.93. The van der Waals surface area contributed by atoms with Crippen molar-refractivity contribution in [2.75, 3.05) is 0 Å². The van der Waals surface area contributed by atoms with Crippen LogP contribution in [0.1, 0.15) is 5.56 Å². The first-order chi connectivity index (χ1) is 5.27. The van der Waals surface area contributed by atoms with Gasteiger partial charge in [-0.2, -0.15) is 0 Å². The Morgan fingerprint density at radius 2 is 2.27 bits per heavy atom. The zero-order valence-corrected chi connectivity index (χ0v) is 6.08. The zero-order chi connectivity index (χ0) is 7.84. The minimum atomic E-state index is 0.345. The molecule has 2 aromatic rings. The molecule has 0 fully saturated rings. The summed E-state index contributed by atoms with van der Waals surface area (Å²) < 4.78 is 12.5. The lowest BCUT2D eigenvalue weighted by Gasteiger charge is -1.89. The van der Waals surface area contributed by atoms with Gasteiger partial charge in [-0.15, -0.1) is 10.0 Å². The first kappa shape index (κ1) is 6.34. The van der Waals surface area contributed by atoms with E-state index in [1.807, 2.05) is 19.1 Å². The van der Waals surface area contributed by atoms with Crippen LogP contribution in [0.15, 0.2) is 24.4 Å². The van der Waals surface area contributed by atoms with E-state index in [1.165, 1.54) is 6.20 Å². The molecule has 0 atom stereocenters. The molecule has 0 aliphatic heterocycles. The van der Waals surface area contributed by atoms with Gasteiger partial charge in [-0.1, -0.05) is 16.6 Å². The van der Waals surface area contributed by atoms with Crippen molar-refractivity contribution in [2.45, 2.75) is 6.92 Å². The molecule has 56 valence electrons. The van der Waals surface area contributed by atoms with Crippen LogP contribution in [-0.2, 0) is 0 Å². The molecule has 0 aliphatic carbocycles. The van der Waals surface area contributed by atoms with Crippen molar-refractivity contribution in [2.24, 2.45) is 0 Å². The van der Waals surface area contributed by atoms with Gasteiger partial charge >= 0.3 is 0 Å². The third-order valence-corrected chi connectivity index (χ3v) is 1.74. The van der Waals surface area contributed by atoms with Crippen LogP contribution in [-0.4, -0.2) is 10.0 Å². The molecule has 1 aromatic heterocycles. The molecule has 0 N–H and O–H groups in total. The van der Waals surface area contributed by atoms with Gasteiger partial charge in [0, 0.05) is 5.39 Å². The smallest absolute Gasteiger partial charge is 0.0954 e. The summed E-state index contributed by atoms with van der Waals surface area (Å²) in [6.07, 6.45) is 1.38. The van der Waals surface area contributed by atoms with Crippen molar-refractivity contribution in [3.8, 4) is 0 Å². The fraction of sp³-hybridized carbons (Fsp3) is 0.125. The van der Waals surface area contributed by atoms with E-state index < -0.39 is 0 Å². The van der Waals surface area contributed by atoms with E-state index in [9.17, 15) is 4.48 Å². The lowest BCUT2D eigenvalue weighted by molar-refractivity contribution is 0.320. The Labute approximate surface area is 63.2 Å². The Kier molecular flexibility index (Phi) is 1.18. The maximum absolute atomic E-state index is 12.5. The number of rotatable bonds is 0. The van der Waals surface area contributed by atoms with E-state index in [1.54, 1.807) is 6.07 Å². The number of aromatic nitrogens is 2. The summed E-state index contributed by atoms with van der Waals surface area (Å²) in [6, 6.07) is 5.59. The Balaban J connectivity index is 2.90. The Morgan fingerprint density at radius 3 is 3.00 bits per heavy atom. The first-order valence-electron chi connectivity index (χ1n) is 3.38. The molecule has 2 rings (SSSR count). The van der Waals surface area contributed by atoms with E-state index in [2.05, 4.69) is 5.10 Å². The average Bonchev–Trinajstić information content (AvgIpc) is 2.31. The molecule has 0 spiro atoms. The highest BCUT2D eigenvalue weighted by Gasteiger charge is 2.00. The molecular formula is C8H7FN2. The van der Waals surface area contributed by atoms with Gasteiger partial charge in [0.1, 0.15) is 0 Å². The van der Waals surface area contributed by atoms with Gasteiger partial charge in [-0.3, -0.25) is 0 Å². The lowest BCUT2D eigenvalue weighted by Crippen LogP contribution is -1.77. The van der Waals surface area contributed by atoms with Gasteiger partial charge in [-0.05, 0) is 18.6 Å². The fourth-order valence-corrected chi connectivity index (χ4v) is 1.16. The van der Waals surface area contributed by atoms with Gasteiger partial charge in [0.15, 0.2) is 0 Å². The molecule has 1 heterocycles. The molecule has 0 bridgehead atoms. The fourth-order valence-electron chi connectivity index (χ4n) is 1.16. The second kappa shape index (κ2) is 2.05. The summed E-state index contributed by atoms with van der Waals surface area (Å²) in [7, 11) is 0. The molecule has 3 heteroatoms. The van der Waals surface area contributed by atoms with Crippen molar-refractivity contribution < 1.29 is 4.48 Å². The van der Waals surface area contributed by atoms with Gasteiger partial charge in [0.05, 0.1) is 11.7 Å². The van der Waals surface area contributed by atoms with E-state index in [-0.39, 0.29) is 0 Å². The lowest BCUT2D eigenvalue weighted by atomic mass is 10.2. The zero-order valence-electron chi connectivity index (χ0n) is 6.08. The first-order valence-corrected chi connectivity index (χ1v) is 3.38. The largest absolute Gasteiger partial charge is 0.142 e. The highest BCUT2D eigenvalue weighted by atomic mass is 19.2. The molecule has 1 aromatic carbocycles. The second-order valence-corrected chi connectivity index (χ2v) is 2.53. The van der Waals surface area contributed by atoms with Crippen molar-refractivity contribution in [3.63, 3.8) is 0 Å². The maximum atomic E-state index is 12.5. The number of nitrogens with zero attached hydrogens (tertiary/aromatic N) is 2. The van der Waals surface area contributed by atoms with Crippen LogP contribution in [0, 0.1) is 6.92 Å². The summed E-state index contributed by atoms with van der Waals surface area (Å²) in [5.41, 5.74) is 1.75. The summed E-state index contributed by atoms with van der Waals surface area (Å²) in [4.78, 5) is 0.345. The SMILES string of the molecule is Cc1cccc2nn(F)cc12. The highest BCUT2D eigenvalue weighted by Crippen LogP contribution is 2.15. The van der Waals surface area contributed by atoms with Gasteiger partial charge in [0.2, 0.25) is 0 Å². The number of hydrogen-bond donors (Lipinski definition) is 0. The molecule has 2 nitrogen and oxygen atoms in total. The van der Waals surface area contributed by atoms with E-state index in [0.717, 1.165) is 10.9 Å². The summed E-state index contributed by atoms with van der Waals surface area (Å²) in [5, 5.41) is 4.49. The van der Waals surface area contributed by atoms with E-state index in [0.29, 0.717) is 10.4 Å². The van der Waals surface area contributed by atoms with Crippen LogP contribution in [0.5, 0.6) is 0 Å². The third-order valence-electron chi connectivity index (χ3n) is 1.74. The Bertz CT molecular complexity index is 392. The highest BCUT2D eigenvalue weighted by molar-refractivity contribution is 5.81.